The lowest BCUT2D eigenvalue weighted by molar-refractivity contribution is -0.00575. The summed E-state index contributed by atoms with van der Waals surface area (Å²) in [6.45, 7) is 0.661. The summed E-state index contributed by atoms with van der Waals surface area (Å²) in [5, 5.41) is 23.6. The smallest absolute Gasteiger partial charge is 0.0771 e. The van der Waals surface area contributed by atoms with Crippen LogP contribution in [-0.4, -0.2) is 34.5 Å². The molecule has 0 aliphatic heterocycles. The van der Waals surface area contributed by atoms with Gasteiger partial charge in [-0.3, -0.25) is 0 Å². The Bertz CT molecular complexity index is 214. The van der Waals surface area contributed by atoms with E-state index in [2.05, 4.69) is 5.32 Å². The first kappa shape index (κ1) is 12.3. The normalized spacial score (nSPS) is 34.9. The van der Waals surface area contributed by atoms with Gasteiger partial charge in [-0.05, 0) is 25.7 Å². The van der Waals surface area contributed by atoms with Gasteiger partial charge in [0.15, 0.2) is 0 Å². The second-order valence-electron chi connectivity index (χ2n) is 5.62. The van der Waals surface area contributed by atoms with Gasteiger partial charge in [-0.2, -0.15) is 0 Å². The molecule has 0 aromatic heterocycles. The molecule has 0 spiro atoms. The van der Waals surface area contributed by atoms with E-state index in [1.54, 1.807) is 0 Å². The third kappa shape index (κ3) is 3.19. The van der Waals surface area contributed by atoms with Crippen LogP contribution in [0.15, 0.2) is 0 Å². The topological polar surface area (TPSA) is 52.5 Å². The van der Waals surface area contributed by atoms with E-state index in [4.69, 9.17) is 0 Å². The second-order valence-corrected chi connectivity index (χ2v) is 5.62. The molecule has 3 N–H and O–H groups in total. The third-order valence-corrected chi connectivity index (χ3v) is 4.21. The molecule has 2 saturated carbocycles. The summed E-state index contributed by atoms with van der Waals surface area (Å²) in [6.07, 6.45) is 9.49. The average Bonchev–Trinajstić information content (AvgIpc) is 2.29. The zero-order valence-electron chi connectivity index (χ0n) is 10.1. The maximum atomic E-state index is 10.3. The summed E-state index contributed by atoms with van der Waals surface area (Å²) in [6, 6.07) is 0.208. The molecule has 0 radical (unpaired) electrons. The van der Waals surface area contributed by atoms with Gasteiger partial charge in [0.25, 0.3) is 0 Å². The van der Waals surface area contributed by atoms with Crippen molar-refractivity contribution in [3.63, 3.8) is 0 Å². The molecule has 3 nitrogen and oxygen atoms in total. The Morgan fingerprint density at radius 1 is 1.00 bits per heavy atom. The average molecular weight is 227 g/mol. The van der Waals surface area contributed by atoms with E-state index in [9.17, 15) is 10.2 Å². The van der Waals surface area contributed by atoms with Crippen molar-refractivity contribution >= 4 is 0 Å². The van der Waals surface area contributed by atoms with Crippen LogP contribution in [0.3, 0.4) is 0 Å². The van der Waals surface area contributed by atoms with Gasteiger partial charge >= 0.3 is 0 Å². The fraction of sp³-hybridized carbons (Fsp3) is 1.00. The van der Waals surface area contributed by atoms with Gasteiger partial charge in [0.2, 0.25) is 0 Å². The van der Waals surface area contributed by atoms with E-state index >= 15 is 0 Å². The van der Waals surface area contributed by atoms with Crippen LogP contribution in [0.25, 0.3) is 0 Å². The number of hydrogen-bond acceptors (Lipinski definition) is 3. The maximum absolute atomic E-state index is 10.3. The van der Waals surface area contributed by atoms with E-state index in [0.717, 1.165) is 44.9 Å². The zero-order valence-corrected chi connectivity index (χ0v) is 10.1. The lowest BCUT2D eigenvalue weighted by Crippen LogP contribution is -2.50. The highest BCUT2D eigenvalue weighted by Gasteiger charge is 2.31. The predicted molar refractivity (Wildman–Crippen MR) is 64.3 cm³/mol. The van der Waals surface area contributed by atoms with Crippen molar-refractivity contribution in [3.05, 3.63) is 0 Å². The molecular weight excluding hydrogens is 202 g/mol. The minimum Gasteiger partial charge on any atom is -0.392 e. The first-order valence-corrected chi connectivity index (χ1v) is 6.83. The molecule has 0 saturated heterocycles. The van der Waals surface area contributed by atoms with Crippen LogP contribution in [0.1, 0.15) is 57.8 Å². The standard InChI is InChI=1S/C13H25NO2/c15-12-7-3-2-6-11(12)14-10-13(16)8-4-1-5-9-13/h11-12,14-16H,1-10H2. The molecule has 16 heavy (non-hydrogen) atoms. The predicted octanol–water partition coefficient (Wildman–Crippen LogP) is 1.57. The summed E-state index contributed by atoms with van der Waals surface area (Å²) >= 11 is 0. The number of nitrogens with one attached hydrogen (secondary N) is 1. The van der Waals surface area contributed by atoms with E-state index in [1.165, 1.54) is 12.8 Å². The molecule has 0 amide bonds. The minimum absolute atomic E-state index is 0.207. The Labute approximate surface area is 98.2 Å². The van der Waals surface area contributed by atoms with E-state index < -0.39 is 5.60 Å². The number of rotatable bonds is 3. The fourth-order valence-corrected chi connectivity index (χ4v) is 3.06. The van der Waals surface area contributed by atoms with Crippen molar-refractivity contribution < 1.29 is 10.2 Å². The van der Waals surface area contributed by atoms with Crippen LogP contribution in [0.5, 0.6) is 0 Å². The van der Waals surface area contributed by atoms with Crippen molar-refractivity contribution in [2.75, 3.05) is 6.54 Å². The Kier molecular flexibility index (Phi) is 4.22. The van der Waals surface area contributed by atoms with E-state index in [-0.39, 0.29) is 12.1 Å². The highest BCUT2D eigenvalue weighted by Crippen LogP contribution is 2.28. The van der Waals surface area contributed by atoms with Crippen LogP contribution in [0.2, 0.25) is 0 Å². The summed E-state index contributed by atoms with van der Waals surface area (Å²) in [7, 11) is 0. The largest absolute Gasteiger partial charge is 0.392 e. The highest BCUT2D eigenvalue weighted by molar-refractivity contribution is 4.88. The number of aliphatic hydroxyl groups is 2. The Balaban J connectivity index is 1.76. The molecule has 2 rings (SSSR count). The summed E-state index contributed by atoms with van der Waals surface area (Å²) < 4.78 is 0. The Morgan fingerprint density at radius 3 is 2.38 bits per heavy atom. The van der Waals surface area contributed by atoms with Gasteiger partial charge < -0.3 is 15.5 Å². The van der Waals surface area contributed by atoms with Crippen LogP contribution in [0.4, 0.5) is 0 Å². The molecule has 0 bridgehead atoms. The lowest BCUT2D eigenvalue weighted by atomic mass is 9.84. The molecule has 94 valence electrons. The highest BCUT2D eigenvalue weighted by atomic mass is 16.3. The molecule has 0 heterocycles. The molecule has 0 aromatic carbocycles. The molecule has 3 heteroatoms. The Morgan fingerprint density at radius 2 is 1.69 bits per heavy atom. The summed E-state index contributed by atoms with van der Waals surface area (Å²) in [5.41, 5.74) is -0.505. The first-order chi connectivity index (χ1) is 7.70. The number of aliphatic hydroxyl groups excluding tert-OH is 1. The first-order valence-electron chi connectivity index (χ1n) is 6.83. The molecule has 2 aliphatic carbocycles. The van der Waals surface area contributed by atoms with Gasteiger partial charge in [0.05, 0.1) is 11.7 Å². The van der Waals surface area contributed by atoms with Gasteiger partial charge in [-0.15, -0.1) is 0 Å². The second kappa shape index (κ2) is 5.48. The fourth-order valence-electron chi connectivity index (χ4n) is 3.06. The van der Waals surface area contributed by atoms with Crippen LogP contribution < -0.4 is 5.32 Å². The van der Waals surface area contributed by atoms with Crippen LogP contribution in [0, 0.1) is 0 Å². The van der Waals surface area contributed by atoms with E-state index in [1.807, 2.05) is 0 Å². The molecular formula is C13H25NO2. The van der Waals surface area contributed by atoms with Gasteiger partial charge in [-0.1, -0.05) is 32.1 Å². The summed E-state index contributed by atoms with van der Waals surface area (Å²) in [5.74, 6) is 0. The summed E-state index contributed by atoms with van der Waals surface area (Å²) in [4.78, 5) is 0. The zero-order chi connectivity index (χ0) is 11.4. The SMILES string of the molecule is OC1CCCCC1NCC1(O)CCCCC1. The van der Waals surface area contributed by atoms with Crippen molar-refractivity contribution in [2.24, 2.45) is 0 Å². The third-order valence-electron chi connectivity index (χ3n) is 4.21. The van der Waals surface area contributed by atoms with Crippen molar-refractivity contribution in [1.82, 2.24) is 5.32 Å². The van der Waals surface area contributed by atoms with E-state index in [0.29, 0.717) is 6.54 Å². The van der Waals surface area contributed by atoms with Crippen molar-refractivity contribution in [1.29, 1.82) is 0 Å². The van der Waals surface area contributed by atoms with Crippen LogP contribution >= 0.6 is 0 Å². The minimum atomic E-state index is -0.505. The van der Waals surface area contributed by atoms with Gasteiger partial charge in [-0.25, -0.2) is 0 Å². The molecule has 2 unspecified atom stereocenters. The van der Waals surface area contributed by atoms with Gasteiger partial charge in [0.1, 0.15) is 0 Å². The Hall–Kier alpha value is -0.120. The van der Waals surface area contributed by atoms with Crippen molar-refractivity contribution in [3.8, 4) is 0 Å². The molecule has 2 fully saturated rings. The molecule has 0 aromatic rings. The molecule has 2 aliphatic rings. The maximum Gasteiger partial charge on any atom is 0.0771 e. The lowest BCUT2D eigenvalue weighted by Gasteiger charge is -2.36. The monoisotopic (exact) mass is 227 g/mol. The quantitative estimate of drug-likeness (QED) is 0.686. The van der Waals surface area contributed by atoms with Gasteiger partial charge in [0, 0.05) is 12.6 Å². The molecule has 2 atom stereocenters. The number of hydrogen-bond donors (Lipinski definition) is 3. The van der Waals surface area contributed by atoms with Crippen molar-refractivity contribution in [2.45, 2.75) is 75.5 Å². The van der Waals surface area contributed by atoms with Crippen LogP contribution in [-0.2, 0) is 0 Å².